The Kier molecular flexibility index (Phi) is 5.05. The van der Waals surface area contributed by atoms with Crippen LogP contribution in [0.1, 0.15) is 24.0 Å². The highest BCUT2D eigenvalue weighted by molar-refractivity contribution is 5.42. The minimum atomic E-state index is 0.240. The van der Waals surface area contributed by atoms with Crippen LogP contribution in [0.3, 0.4) is 0 Å². The van der Waals surface area contributed by atoms with E-state index in [0.717, 1.165) is 43.9 Å². The summed E-state index contributed by atoms with van der Waals surface area (Å²) in [6, 6.07) is 10.2. The lowest BCUT2D eigenvalue weighted by Gasteiger charge is -2.26. The van der Waals surface area contributed by atoms with Gasteiger partial charge in [0.15, 0.2) is 0 Å². The van der Waals surface area contributed by atoms with E-state index in [1.807, 2.05) is 18.2 Å². The van der Waals surface area contributed by atoms with Crippen molar-refractivity contribution in [2.75, 3.05) is 23.8 Å². The van der Waals surface area contributed by atoms with Crippen molar-refractivity contribution < 1.29 is 4.74 Å². The van der Waals surface area contributed by atoms with Gasteiger partial charge in [0.05, 0.1) is 6.10 Å². The van der Waals surface area contributed by atoms with Gasteiger partial charge in [0, 0.05) is 32.4 Å². The van der Waals surface area contributed by atoms with Crippen LogP contribution in [-0.2, 0) is 17.8 Å². The molecule has 122 valence electrons. The lowest BCUT2D eigenvalue weighted by Crippen LogP contribution is -2.32. The van der Waals surface area contributed by atoms with Crippen LogP contribution in [0.5, 0.6) is 0 Å². The molecular weight excluding hydrogens is 290 g/mol. The van der Waals surface area contributed by atoms with E-state index in [9.17, 15) is 0 Å². The first-order chi connectivity index (χ1) is 11.2. The third kappa shape index (κ3) is 4.18. The second-order valence-corrected chi connectivity index (χ2v) is 5.81. The average Bonchev–Trinajstić information content (AvgIpc) is 3.07. The van der Waals surface area contributed by atoms with Gasteiger partial charge in [0.25, 0.3) is 0 Å². The van der Waals surface area contributed by atoms with Crippen LogP contribution in [0.25, 0.3) is 0 Å². The molecule has 2 aromatic rings. The molecule has 6 nitrogen and oxygen atoms in total. The summed E-state index contributed by atoms with van der Waals surface area (Å²) in [6.07, 6.45) is 4.13. The summed E-state index contributed by atoms with van der Waals surface area (Å²) in [7, 11) is 0. The van der Waals surface area contributed by atoms with E-state index in [1.54, 1.807) is 6.20 Å². The number of benzene rings is 1. The zero-order valence-corrected chi connectivity index (χ0v) is 13.2. The van der Waals surface area contributed by atoms with Gasteiger partial charge in [0.1, 0.15) is 5.82 Å². The van der Waals surface area contributed by atoms with E-state index >= 15 is 0 Å². The van der Waals surface area contributed by atoms with E-state index < -0.39 is 0 Å². The summed E-state index contributed by atoms with van der Waals surface area (Å²) < 4.78 is 5.78. The molecule has 0 amide bonds. The van der Waals surface area contributed by atoms with Crippen molar-refractivity contribution in [2.24, 2.45) is 5.73 Å². The third-order valence-electron chi connectivity index (χ3n) is 4.03. The topological polar surface area (TPSA) is 90.3 Å². The zero-order valence-electron chi connectivity index (χ0n) is 13.2. The molecular formula is C17H23N5O. The Bertz CT molecular complexity index is 642. The van der Waals surface area contributed by atoms with Crippen molar-refractivity contribution in [3.8, 4) is 0 Å². The van der Waals surface area contributed by atoms with Crippen LogP contribution >= 0.6 is 0 Å². The van der Waals surface area contributed by atoms with Gasteiger partial charge in [-0.3, -0.25) is 0 Å². The SMILES string of the molecule is NCc1cccc(CN(C[C@H]2CCCO2)c2ccnc(N)n2)c1. The van der Waals surface area contributed by atoms with Crippen molar-refractivity contribution in [1.82, 2.24) is 9.97 Å². The number of ether oxygens (including phenoxy) is 1. The first-order valence-electron chi connectivity index (χ1n) is 7.97. The predicted molar refractivity (Wildman–Crippen MR) is 90.8 cm³/mol. The molecule has 0 bridgehead atoms. The van der Waals surface area contributed by atoms with Gasteiger partial charge >= 0.3 is 0 Å². The Labute approximate surface area is 136 Å². The van der Waals surface area contributed by atoms with Gasteiger partial charge < -0.3 is 21.1 Å². The normalized spacial score (nSPS) is 17.3. The Balaban J connectivity index is 1.81. The number of nitrogens with two attached hydrogens (primary N) is 2. The first kappa shape index (κ1) is 15.7. The number of nitrogen functional groups attached to an aromatic ring is 1. The van der Waals surface area contributed by atoms with Gasteiger partial charge in [-0.25, -0.2) is 4.98 Å². The van der Waals surface area contributed by atoms with Gasteiger partial charge in [-0.2, -0.15) is 4.98 Å². The smallest absolute Gasteiger partial charge is 0.221 e. The van der Waals surface area contributed by atoms with Crippen molar-refractivity contribution in [1.29, 1.82) is 0 Å². The van der Waals surface area contributed by atoms with Gasteiger partial charge in [-0.05, 0) is 30.0 Å². The molecule has 0 spiro atoms. The van der Waals surface area contributed by atoms with Gasteiger partial charge in [0.2, 0.25) is 5.95 Å². The summed E-state index contributed by atoms with van der Waals surface area (Å²) in [5.41, 5.74) is 13.8. The molecule has 6 heteroatoms. The molecule has 3 rings (SSSR count). The summed E-state index contributed by atoms with van der Waals surface area (Å²) in [4.78, 5) is 10.5. The molecule has 2 heterocycles. The molecule has 0 saturated carbocycles. The number of nitrogens with zero attached hydrogens (tertiary/aromatic N) is 3. The van der Waals surface area contributed by atoms with Crippen molar-refractivity contribution in [3.63, 3.8) is 0 Å². The van der Waals surface area contributed by atoms with Crippen LogP contribution in [0.2, 0.25) is 0 Å². The van der Waals surface area contributed by atoms with Crippen LogP contribution < -0.4 is 16.4 Å². The van der Waals surface area contributed by atoms with Crippen molar-refractivity contribution in [3.05, 3.63) is 47.7 Å². The number of hydrogen-bond donors (Lipinski definition) is 2. The number of aromatic nitrogens is 2. The highest BCUT2D eigenvalue weighted by Crippen LogP contribution is 2.20. The van der Waals surface area contributed by atoms with E-state index in [-0.39, 0.29) is 12.1 Å². The van der Waals surface area contributed by atoms with E-state index in [2.05, 4.69) is 27.0 Å². The molecule has 4 N–H and O–H groups in total. The number of hydrogen-bond acceptors (Lipinski definition) is 6. The second kappa shape index (κ2) is 7.39. The monoisotopic (exact) mass is 313 g/mol. The highest BCUT2D eigenvalue weighted by atomic mass is 16.5. The molecule has 0 aliphatic carbocycles. The van der Waals surface area contributed by atoms with Crippen LogP contribution in [0.15, 0.2) is 36.5 Å². The maximum Gasteiger partial charge on any atom is 0.221 e. The lowest BCUT2D eigenvalue weighted by molar-refractivity contribution is 0.115. The van der Waals surface area contributed by atoms with Gasteiger partial charge in [-0.1, -0.05) is 24.3 Å². The quantitative estimate of drug-likeness (QED) is 0.843. The molecule has 1 fully saturated rings. The Morgan fingerprint density at radius 2 is 2.13 bits per heavy atom. The van der Waals surface area contributed by atoms with Crippen LogP contribution in [-0.4, -0.2) is 29.2 Å². The minimum absolute atomic E-state index is 0.240. The molecule has 1 aromatic carbocycles. The second-order valence-electron chi connectivity index (χ2n) is 5.81. The molecule has 0 unspecified atom stereocenters. The largest absolute Gasteiger partial charge is 0.376 e. The molecule has 1 atom stereocenters. The Morgan fingerprint density at radius 1 is 1.26 bits per heavy atom. The number of rotatable bonds is 6. The number of anilines is 2. The van der Waals surface area contributed by atoms with Crippen molar-refractivity contribution in [2.45, 2.75) is 32.0 Å². The maximum atomic E-state index is 5.78. The summed E-state index contributed by atoms with van der Waals surface area (Å²) in [5.74, 6) is 1.11. The molecule has 0 radical (unpaired) electrons. The molecule has 1 aliphatic rings. The molecule has 1 aliphatic heterocycles. The van der Waals surface area contributed by atoms with E-state index in [0.29, 0.717) is 6.54 Å². The van der Waals surface area contributed by atoms with E-state index in [1.165, 1.54) is 5.56 Å². The fourth-order valence-electron chi connectivity index (χ4n) is 2.89. The van der Waals surface area contributed by atoms with Gasteiger partial charge in [-0.15, -0.1) is 0 Å². The average molecular weight is 313 g/mol. The zero-order chi connectivity index (χ0) is 16.1. The molecule has 1 aromatic heterocycles. The highest BCUT2D eigenvalue weighted by Gasteiger charge is 2.20. The Hall–Kier alpha value is -2.18. The predicted octanol–water partition coefficient (Wildman–Crippen LogP) is 1.70. The fraction of sp³-hybridized carbons (Fsp3) is 0.412. The maximum absolute atomic E-state index is 5.78. The van der Waals surface area contributed by atoms with Crippen LogP contribution in [0, 0.1) is 0 Å². The Morgan fingerprint density at radius 3 is 2.87 bits per heavy atom. The molecule has 1 saturated heterocycles. The summed E-state index contributed by atoms with van der Waals surface area (Å²) in [5, 5.41) is 0. The van der Waals surface area contributed by atoms with Crippen molar-refractivity contribution >= 4 is 11.8 Å². The summed E-state index contributed by atoms with van der Waals surface area (Å²) in [6.45, 7) is 2.92. The standard InChI is InChI=1S/C17H23N5O/c18-10-13-3-1-4-14(9-13)11-22(12-15-5-2-8-23-15)16-6-7-20-17(19)21-16/h1,3-4,6-7,9,15H,2,5,8,10-12,18H2,(H2,19,20,21)/t15-/m1/s1. The summed E-state index contributed by atoms with van der Waals surface area (Å²) >= 11 is 0. The third-order valence-corrected chi connectivity index (χ3v) is 4.03. The van der Waals surface area contributed by atoms with E-state index in [4.69, 9.17) is 16.2 Å². The van der Waals surface area contributed by atoms with Crippen LogP contribution in [0.4, 0.5) is 11.8 Å². The fourth-order valence-corrected chi connectivity index (χ4v) is 2.89. The molecule has 23 heavy (non-hydrogen) atoms. The lowest BCUT2D eigenvalue weighted by atomic mass is 10.1. The first-order valence-corrected chi connectivity index (χ1v) is 7.97. The minimum Gasteiger partial charge on any atom is -0.376 e.